The summed E-state index contributed by atoms with van der Waals surface area (Å²) in [6.45, 7) is 4.04. The molecule has 27 heavy (non-hydrogen) atoms. The second kappa shape index (κ2) is 9.10. The maximum Gasteiger partial charge on any atom is 0.225 e. The number of halogens is 1. The SMILES string of the molecule is Cc1ccc(NC(=O)CCN(CCc2ccccc2F)S(C)(=O)=O)c(C)c1. The van der Waals surface area contributed by atoms with Crippen LogP contribution < -0.4 is 5.32 Å². The van der Waals surface area contributed by atoms with Crippen molar-refractivity contribution in [3.05, 3.63) is 65.0 Å². The first kappa shape index (κ1) is 21.1. The Balaban J connectivity index is 1.96. The van der Waals surface area contributed by atoms with Gasteiger partial charge in [-0.25, -0.2) is 17.1 Å². The number of amides is 1. The van der Waals surface area contributed by atoms with Crippen molar-refractivity contribution in [1.29, 1.82) is 0 Å². The zero-order valence-electron chi connectivity index (χ0n) is 15.8. The smallest absolute Gasteiger partial charge is 0.225 e. The van der Waals surface area contributed by atoms with Crippen molar-refractivity contribution >= 4 is 21.6 Å². The Labute approximate surface area is 160 Å². The molecular weight excluding hydrogens is 367 g/mol. The van der Waals surface area contributed by atoms with Gasteiger partial charge in [0.15, 0.2) is 0 Å². The summed E-state index contributed by atoms with van der Waals surface area (Å²) in [4.78, 5) is 12.2. The molecule has 0 aliphatic heterocycles. The Hall–Kier alpha value is -2.25. The maximum absolute atomic E-state index is 13.7. The molecule has 146 valence electrons. The predicted molar refractivity (Wildman–Crippen MR) is 106 cm³/mol. The molecular formula is C20H25FN2O3S. The first-order valence-electron chi connectivity index (χ1n) is 8.72. The van der Waals surface area contributed by atoms with E-state index in [-0.39, 0.29) is 37.7 Å². The van der Waals surface area contributed by atoms with Crippen LogP contribution in [0.2, 0.25) is 0 Å². The average Bonchev–Trinajstić information content (AvgIpc) is 2.57. The Bertz CT molecular complexity index is 913. The van der Waals surface area contributed by atoms with Crippen molar-refractivity contribution in [3.8, 4) is 0 Å². The summed E-state index contributed by atoms with van der Waals surface area (Å²) in [5, 5.41) is 2.81. The highest BCUT2D eigenvalue weighted by Crippen LogP contribution is 2.16. The standard InChI is InChI=1S/C20H25FN2O3S/c1-15-8-9-19(16(2)14-15)22-20(24)11-13-23(27(3,25)26)12-10-17-6-4-5-7-18(17)21/h4-9,14H,10-13H2,1-3H3,(H,22,24). The van der Waals surface area contributed by atoms with Crippen LogP contribution in [0.4, 0.5) is 10.1 Å². The van der Waals surface area contributed by atoms with E-state index in [1.54, 1.807) is 18.2 Å². The molecule has 0 radical (unpaired) electrons. The number of aryl methyl sites for hydroxylation is 2. The van der Waals surface area contributed by atoms with E-state index in [0.717, 1.165) is 17.4 Å². The van der Waals surface area contributed by atoms with Gasteiger partial charge in [-0.15, -0.1) is 0 Å². The molecule has 0 fully saturated rings. The van der Waals surface area contributed by atoms with Crippen molar-refractivity contribution in [2.24, 2.45) is 0 Å². The number of rotatable bonds is 8. The van der Waals surface area contributed by atoms with E-state index in [9.17, 15) is 17.6 Å². The van der Waals surface area contributed by atoms with Gasteiger partial charge in [-0.05, 0) is 43.5 Å². The van der Waals surface area contributed by atoms with Gasteiger partial charge >= 0.3 is 0 Å². The molecule has 0 aliphatic rings. The normalized spacial score (nSPS) is 11.6. The molecule has 0 saturated carbocycles. The van der Waals surface area contributed by atoms with Crippen LogP contribution in [0.3, 0.4) is 0 Å². The molecule has 1 N–H and O–H groups in total. The van der Waals surface area contributed by atoms with Crippen molar-refractivity contribution in [2.75, 3.05) is 24.7 Å². The van der Waals surface area contributed by atoms with Gasteiger partial charge in [-0.2, -0.15) is 0 Å². The lowest BCUT2D eigenvalue weighted by molar-refractivity contribution is -0.116. The number of hydrogen-bond donors (Lipinski definition) is 1. The summed E-state index contributed by atoms with van der Waals surface area (Å²) in [5.74, 6) is -0.625. The largest absolute Gasteiger partial charge is 0.326 e. The van der Waals surface area contributed by atoms with E-state index in [2.05, 4.69) is 5.32 Å². The van der Waals surface area contributed by atoms with Crippen LogP contribution in [0.15, 0.2) is 42.5 Å². The van der Waals surface area contributed by atoms with Crippen LogP contribution in [0.25, 0.3) is 0 Å². The summed E-state index contributed by atoms with van der Waals surface area (Å²) in [6, 6.07) is 12.0. The van der Waals surface area contributed by atoms with Crippen molar-refractivity contribution in [3.63, 3.8) is 0 Å². The van der Waals surface area contributed by atoms with Gasteiger partial charge in [0.05, 0.1) is 6.26 Å². The maximum atomic E-state index is 13.7. The fraction of sp³-hybridized carbons (Fsp3) is 0.350. The van der Waals surface area contributed by atoms with Gasteiger partial charge in [-0.1, -0.05) is 35.9 Å². The molecule has 0 heterocycles. The molecule has 0 unspecified atom stereocenters. The zero-order chi connectivity index (χ0) is 20.0. The van der Waals surface area contributed by atoms with E-state index in [1.165, 1.54) is 10.4 Å². The number of carbonyl (C=O) groups is 1. The number of anilines is 1. The van der Waals surface area contributed by atoms with Gasteiger partial charge in [0, 0.05) is 25.2 Å². The van der Waals surface area contributed by atoms with Crippen molar-refractivity contribution < 1.29 is 17.6 Å². The molecule has 7 heteroatoms. The molecule has 0 bridgehead atoms. The number of carbonyl (C=O) groups excluding carboxylic acids is 1. The monoisotopic (exact) mass is 392 g/mol. The third-order valence-electron chi connectivity index (χ3n) is 4.30. The highest BCUT2D eigenvalue weighted by molar-refractivity contribution is 7.88. The van der Waals surface area contributed by atoms with Crippen LogP contribution in [-0.4, -0.2) is 38.0 Å². The highest BCUT2D eigenvalue weighted by atomic mass is 32.2. The lowest BCUT2D eigenvalue weighted by Gasteiger charge is -2.20. The summed E-state index contributed by atoms with van der Waals surface area (Å²) < 4.78 is 38.9. The van der Waals surface area contributed by atoms with Gasteiger partial charge in [0.1, 0.15) is 5.82 Å². The summed E-state index contributed by atoms with van der Waals surface area (Å²) in [5.41, 5.74) is 3.21. The molecule has 2 rings (SSSR count). The highest BCUT2D eigenvalue weighted by Gasteiger charge is 2.18. The Kier molecular flexibility index (Phi) is 7.10. The van der Waals surface area contributed by atoms with Gasteiger partial charge in [0.2, 0.25) is 15.9 Å². The average molecular weight is 392 g/mol. The Morgan fingerprint density at radius 2 is 1.81 bits per heavy atom. The van der Waals surface area contributed by atoms with Gasteiger partial charge < -0.3 is 5.32 Å². The molecule has 0 aliphatic carbocycles. The van der Waals surface area contributed by atoms with Crippen LogP contribution >= 0.6 is 0 Å². The molecule has 0 atom stereocenters. The minimum Gasteiger partial charge on any atom is -0.326 e. The minimum absolute atomic E-state index is 0.0255. The predicted octanol–water partition coefficient (Wildman–Crippen LogP) is 3.28. The van der Waals surface area contributed by atoms with Crippen LogP contribution in [0.1, 0.15) is 23.1 Å². The van der Waals surface area contributed by atoms with Crippen molar-refractivity contribution in [1.82, 2.24) is 4.31 Å². The topological polar surface area (TPSA) is 66.5 Å². The number of hydrogen-bond acceptors (Lipinski definition) is 3. The van der Waals surface area contributed by atoms with Gasteiger partial charge in [-0.3, -0.25) is 4.79 Å². The first-order chi connectivity index (χ1) is 12.7. The lowest BCUT2D eigenvalue weighted by Crippen LogP contribution is -2.34. The summed E-state index contributed by atoms with van der Waals surface area (Å²) >= 11 is 0. The minimum atomic E-state index is -3.50. The molecule has 1 amide bonds. The number of nitrogens with zero attached hydrogens (tertiary/aromatic N) is 1. The van der Waals surface area contributed by atoms with E-state index >= 15 is 0 Å². The van der Waals surface area contributed by atoms with Gasteiger partial charge in [0.25, 0.3) is 0 Å². The third-order valence-corrected chi connectivity index (χ3v) is 5.60. The van der Waals surface area contributed by atoms with Crippen LogP contribution in [-0.2, 0) is 21.2 Å². The van der Waals surface area contributed by atoms with Crippen LogP contribution in [0, 0.1) is 19.7 Å². The number of benzene rings is 2. The Morgan fingerprint density at radius 3 is 2.44 bits per heavy atom. The zero-order valence-corrected chi connectivity index (χ0v) is 16.6. The summed E-state index contributed by atoms with van der Waals surface area (Å²) in [7, 11) is -3.50. The molecule has 2 aromatic carbocycles. The molecule has 2 aromatic rings. The molecule has 0 saturated heterocycles. The second-order valence-electron chi connectivity index (χ2n) is 6.62. The first-order valence-corrected chi connectivity index (χ1v) is 10.6. The van der Waals surface area contributed by atoms with Crippen molar-refractivity contribution in [2.45, 2.75) is 26.7 Å². The fourth-order valence-electron chi connectivity index (χ4n) is 2.78. The van der Waals surface area contributed by atoms with E-state index in [0.29, 0.717) is 11.3 Å². The second-order valence-corrected chi connectivity index (χ2v) is 8.60. The molecule has 0 spiro atoms. The quantitative estimate of drug-likeness (QED) is 0.750. The molecule has 5 nitrogen and oxygen atoms in total. The Morgan fingerprint density at radius 1 is 1.11 bits per heavy atom. The number of sulfonamides is 1. The fourth-order valence-corrected chi connectivity index (χ4v) is 3.63. The molecule has 0 aromatic heterocycles. The van der Waals surface area contributed by atoms with E-state index < -0.39 is 10.0 Å². The summed E-state index contributed by atoms with van der Waals surface area (Å²) in [6.07, 6.45) is 1.37. The van der Waals surface area contributed by atoms with E-state index in [4.69, 9.17) is 0 Å². The van der Waals surface area contributed by atoms with Crippen LogP contribution in [0.5, 0.6) is 0 Å². The number of nitrogens with one attached hydrogen (secondary N) is 1. The van der Waals surface area contributed by atoms with E-state index in [1.807, 2.05) is 32.0 Å². The lowest BCUT2D eigenvalue weighted by atomic mass is 10.1. The third kappa shape index (κ3) is 6.45.